The molecule has 0 N–H and O–H groups in total. The molecule has 0 bridgehead atoms. The fraction of sp³-hybridized carbons (Fsp3) is 0.500. The van der Waals surface area contributed by atoms with E-state index in [0.29, 0.717) is 31.4 Å². The van der Waals surface area contributed by atoms with E-state index in [9.17, 15) is 4.79 Å². The maximum Gasteiger partial charge on any atom is 0.223 e. The molecule has 0 spiro atoms. The van der Waals surface area contributed by atoms with Gasteiger partial charge in [-0.25, -0.2) is 0 Å². The van der Waals surface area contributed by atoms with E-state index < -0.39 is 0 Å². The number of halogens is 1. The Labute approximate surface area is 113 Å². The summed E-state index contributed by atoms with van der Waals surface area (Å²) in [6, 6.07) is 7.87. The van der Waals surface area contributed by atoms with Crippen LogP contribution in [0.1, 0.15) is 18.9 Å². The summed E-state index contributed by atoms with van der Waals surface area (Å²) in [6.45, 7) is 3.96. The lowest BCUT2D eigenvalue weighted by molar-refractivity contribution is -0.128. The summed E-state index contributed by atoms with van der Waals surface area (Å²) in [5, 5.41) is 0. The number of hydrogen-bond acceptors (Lipinski definition) is 2. The van der Waals surface area contributed by atoms with Crippen LogP contribution in [0.4, 0.5) is 0 Å². The highest BCUT2D eigenvalue weighted by molar-refractivity contribution is 6.18. The van der Waals surface area contributed by atoms with E-state index in [2.05, 4.69) is 0 Å². The third-order valence-corrected chi connectivity index (χ3v) is 3.58. The molecule has 98 valence electrons. The molecule has 2 rings (SSSR count). The van der Waals surface area contributed by atoms with Crippen molar-refractivity contribution in [2.45, 2.75) is 19.9 Å². The van der Waals surface area contributed by atoms with Crippen LogP contribution in [0.3, 0.4) is 0 Å². The van der Waals surface area contributed by atoms with Crippen molar-refractivity contribution in [3.05, 3.63) is 29.8 Å². The molecule has 0 saturated carbocycles. The first-order valence-electron chi connectivity index (χ1n) is 6.29. The second-order valence-corrected chi connectivity index (χ2v) is 4.85. The normalized spacial score (nSPS) is 19.3. The highest BCUT2D eigenvalue weighted by Gasteiger charge is 2.29. The minimum absolute atomic E-state index is 0.187. The number of amides is 1. The fourth-order valence-corrected chi connectivity index (χ4v) is 2.45. The van der Waals surface area contributed by atoms with Crippen LogP contribution in [0.15, 0.2) is 24.3 Å². The summed E-state index contributed by atoms with van der Waals surface area (Å²) < 4.78 is 5.57. The molecule has 1 aliphatic rings. The van der Waals surface area contributed by atoms with Crippen molar-refractivity contribution in [1.29, 1.82) is 0 Å². The summed E-state index contributed by atoms with van der Waals surface area (Å²) in [4.78, 5) is 13.7. The van der Waals surface area contributed by atoms with Gasteiger partial charge >= 0.3 is 0 Å². The van der Waals surface area contributed by atoms with Crippen LogP contribution in [-0.4, -0.2) is 29.8 Å². The predicted octanol–water partition coefficient (Wildman–Crippen LogP) is 2.67. The van der Waals surface area contributed by atoms with Gasteiger partial charge in [0.15, 0.2) is 0 Å². The zero-order chi connectivity index (χ0) is 13.0. The van der Waals surface area contributed by atoms with Crippen molar-refractivity contribution < 1.29 is 9.53 Å². The molecular weight excluding hydrogens is 250 g/mol. The third-order valence-electron chi connectivity index (χ3n) is 3.15. The van der Waals surface area contributed by atoms with E-state index in [1.54, 1.807) is 0 Å². The molecule has 4 heteroatoms. The number of para-hydroxylation sites is 1. The fourth-order valence-electron chi connectivity index (χ4n) is 2.25. The molecule has 18 heavy (non-hydrogen) atoms. The number of alkyl halides is 1. The molecular formula is C14H18ClNO2. The monoisotopic (exact) mass is 267 g/mol. The molecule has 0 aromatic heterocycles. The summed E-state index contributed by atoms with van der Waals surface area (Å²) >= 11 is 5.82. The van der Waals surface area contributed by atoms with Crippen LogP contribution < -0.4 is 4.74 Å². The van der Waals surface area contributed by atoms with Crippen LogP contribution in [0, 0.1) is 5.92 Å². The largest absolute Gasteiger partial charge is 0.494 e. The predicted molar refractivity (Wildman–Crippen MR) is 71.9 cm³/mol. The number of carbonyl (C=O) groups is 1. The van der Waals surface area contributed by atoms with Gasteiger partial charge in [-0.15, -0.1) is 11.6 Å². The van der Waals surface area contributed by atoms with Crippen LogP contribution in [0.2, 0.25) is 0 Å². The smallest absolute Gasteiger partial charge is 0.223 e. The van der Waals surface area contributed by atoms with Gasteiger partial charge in [-0.1, -0.05) is 18.2 Å². The molecule has 1 atom stereocenters. The number of rotatable bonds is 5. The standard InChI is InChI=1S/C14H18ClNO2/c1-2-18-13-6-4-3-5-12(13)10-16-9-11(8-15)7-14(16)17/h3-6,11H,2,7-10H2,1H3. The Hall–Kier alpha value is -1.22. The molecule has 1 heterocycles. The van der Waals surface area contributed by atoms with Gasteiger partial charge in [0, 0.05) is 31.0 Å². The molecule has 1 aromatic carbocycles. The Morgan fingerprint density at radius 2 is 2.22 bits per heavy atom. The van der Waals surface area contributed by atoms with Crippen molar-refractivity contribution >= 4 is 17.5 Å². The van der Waals surface area contributed by atoms with Crippen LogP contribution >= 0.6 is 11.6 Å². The van der Waals surface area contributed by atoms with E-state index >= 15 is 0 Å². The van der Waals surface area contributed by atoms with Gasteiger partial charge in [-0.2, -0.15) is 0 Å². The van der Waals surface area contributed by atoms with Gasteiger partial charge in [-0.3, -0.25) is 4.79 Å². The first-order valence-corrected chi connectivity index (χ1v) is 6.82. The van der Waals surface area contributed by atoms with Crippen molar-refractivity contribution in [1.82, 2.24) is 4.90 Å². The Morgan fingerprint density at radius 3 is 2.89 bits per heavy atom. The number of likely N-dealkylation sites (tertiary alicyclic amines) is 1. The molecule has 1 amide bonds. The lowest BCUT2D eigenvalue weighted by atomic mass is 10.1. The van der Waals surface area contributed by atoms with E-state index in [4.69, 9.17) is 16.3 Å². The highest BCUT2D eigenvalue weighted by atomic mass is 35.5. The number of benzene rings is 1. The molecule has 1 fully saturated rings. The van der Waals surface area contributed by atoms with Crippen LogP contribution in [-0.2, 0) is 11.3 Å². The molecule has 0 aliphatic carbocycles. The number of nitrogens with zero attached hydrogens (tertiary/aromatic N) is 1. The second-order valence-electron chi connectivity index (χ2n) is 4.54. The highest BCUT2D eigenvalue weighted by Crippen LogP contribution is 2.25. The Kier molecular flexibility index (Phi) is 4.48. The Balaban J connectivity index is 2.07. The summed E-state index contributed by atoms with van der Waals surface area (Å²) in [5.41, 5.74) is 1.06. The lowest BCUT2D eigenvalue weighted by Gasteiger charge is -2.18. The van der Waals surface area contributed by atoms with Crippen LogP contribution in [0.25, 0.3) is 0 Å². The number of ether oxygens (including phenoxy) is 1. The Morgan fingerprint density at radius 1 is 1.44 bits per heavy atom. The molecule has 1 unspecified atom stereocenters. The molecule has 1 aromatic rings. The van der Waals surface area contributed by atoms with E-state index in [1.807, 2.05) is 36.1 Å². The molecule has 3 nitrogen and oxygen atoms in total. The van der Waals surface area contributed by atoms with E-state index in [0.717, 1.165) is 17.9 Å². The van der Waals surface area contributed by atoms with Crippen molar-refractivity contribution in [3.8, 4) is 5.75 Å². The van der Waals surface area contributed by atoms with Gasteiger partial charge in [0.2, 0.25) is 5.91 Å². The molecule has 1 aliphatic heterocycles. The first kappa shape index (κ1) is 13.2. The average molecular weight is 268 g/mol. The molecule has 0 radical (unpaired) electrons. The summed E-state index contributed by atoms with van der Waals surface area (Å²) in [6.07, 6.45) is 0.570. The minimum atomic E-state index is 0.187. The van der Waals surface area contributed by atoms with Gasteiger partial charge in [0.25, 0.3) is 0 Å². The van der Waals surface area contributed by atoms with E-state index in [1.165, 1.54) is 0 Å². The lowest BCUT2D eigenvalue weighted by Crippen LogP contribution is -2.25. The average Bonchev–Trinajstić information content (AvgIpc) is 2.73. The van der Waals surface area contributed by atoms with Crippen LogP contribution in [0.5, 0.6) is 5.75 Å². The zero-order valence-corrected chi connectivity index (χ0v) is 11.3. The van der Waals surface area contributed by atoms with Gasteiger partial charge in [0.05, 0.1) is 6.61 Å². The van der Waals surface area contributed by atoms with Gasteiger partial charge in [-0.05, 0) is 18.9 Å². The molecule has 1 saturated heterocycles. The van der Waals surface area contributed by atoms with Crippen molar-refractivity contribution in [2.24, 2.45) is 5.92 Å². The van der Waals surface area contributed by atoms with Gasteiger partial charge in [0.1, 0.15) is 5.75 Å². The first-order chi connectivity index (χ1) is 8.74. The maximum absolute atomic E-state index is 11.8. The van der Waals surface area contributed by atoms with Crippen molar-refractivity contribution in [3.63, 3.8) is 0 Å². The minimum Gasteiger partial charge on any atom is -0.494 e. The number of hydrogen-bond donors (Lipinski definition) is 0. The Bertz CT molecular complexity index is 422. The quantitative estimate of drug-likeness (QED) is 0.768. The SMILES string of the molecule is CCOc1ccccc1CN1CC(CCl)CC1=O. The summed E-state index contributed by atoms with van der Waals surface area (Å²) in [5.74, 6) is 1.89. The zero-order valence-electron chi connectivity index (χ0n) is 10.6. The second kappa shape index (κ2) is 6.10. The van der Waals surface area contributed by atoms with E-state index in [-0.39, 0.29) is 5.91 Å². The maximum atomic E-state index is 11.8. The third kappa shape index (κ3) is 2.96. The summed E-state index contributed by atoms with van der Waals surface area (Å²) in [7, 11) is 0. The number of carbonyl (C=O) groups excluding carboxylic acids is 1. The topological polar surface area (TPSA) is 29.5 Å². The van der Waals surface area contributed by atoms with Crippen molar-refractivity contribution in [2.75, 3.05) is 19.0 Å². The van der Waals surface area contributed by atoms with Gasteiger partial charge < -0.3 is 9.64 Å².